The summed E-state index contributed by atoms with van der Waals surface area (Å²) in [6.07, 6.45) is 2.50. The van der Waals surface area contributed by atoms with Crippen molar-refractivity contribution in [2.45, 2.75) is 33.8 Å². The molecule has 7 nitrogen and oxygen atoms in total. The first-order valence-electron chi connectivity index (χ1n) is 8.26. The third kappa shape index (κ3) is 8.57. The molecule has 0 aliphatic carbocycles. The molecule has 1 rings (SSSR count). The van der Waals surface area contributed by atoms with Crippen LogP contribution in [0.25, 0.3) is 0 Å². The zero-order chi connectivity index (χ0) is 17.8. The summed E-state index contributed by atoms with van der Waals surface area (Å²) in [5.74, 6) is 1.59. The normalized spacial score (nSPS) is 12.1. The van der Waals surface area contributed by atoms with Crippen LogP contribution in [-0.2, 0) is 16.1 Å². The Kier molecular flexibility index (Phi) is 8.93. The molecule has 0 spiro atoms. The van der Waals surface area contributed by atoms with Gasteiger partial charge in [-0.25, -0.2) is 0 Å². The van der Waals surface area contributed by atoms with E-state index in [1.54, 1.807) is 13.3 Å². The molecule has 0 saturated carbocycles. The van der Waals surface area contributed by atoms with Gasteiger partial charge >= 0.3 is 0 Å². The van der Waals surface area contributed by atoms with Crippen LogP contribution in [0.4, 0.5) is 0 Å². The summed E-state index contributed by atoms with van der Waals surface area (Å²) in [5.41, 5.74) is -0.366. The van der Waals surface area contributed by atoms with E-state index >= 15 is 0 Å². The number of rotatable bonds is 9. The molecule has 0 aromatic carbocycles. The predicted molar refractivity (Wildman–Crippen MR) is 94.8 cm³/mol. The summed E-state index contributed by atoms with van der Waals surface area (Å²) in [5, 5.41) is 9.25. The van der Waals surface area contributed by atoms with E-state index in [9.17, 15) is 4.79 Å². The van der Waals surface area contributed by atoms with Crippen molar-refractivity contribution in [2.75, 3.05) is 33.3 Å². The summed E-state index contributed by atoms with van der Waals surface area (Å²) in [7, 11) is 1.72. The van der Waals surface area contributed by atoms with Crippen molar-refractivity contribution in [2.24, 2.45) is 10.4 Å². The maximum atomic E-state index is 11.7. The topological polar surface area (TPSA) is 87.9 Å². The van der Waals surface area contributed by atoms with E-state index in [1.807, 2.05) is 32.9 Å². The molecule has 0 fully saturated rings. The van der Waals surface area contributed by atoms with Crippen LogP contribution < -0.4 is 16.0 Å². The summed E-state index contributed by atoms with van der Waals surface area (Å²) in [6, 6.07) is 3.74. The first-order chi connectivity index (χ1) is 11.4. The minimum absolute atomic E-state index is 0.0425. The Balaban J connectivity index is 2.03. The molecule has 3 N–H and O–H groups in total. The van der Waals surface area contributed by atoms with Crippen molar-refractivity contribution in [3.63, 3.8) is 0 Å². The second kappa shape index (κ2) is 10.7. The number of aliphatic imine (C=N–C) groups is 1. The number of guanidine groups is 1. The molecule has 0 atom stereocenters. The molecule has 0 radical (unpaired) electrons. The molecule has 1 heterocycles. The molecule has 136 valence electrons. The van der Waals surface area contributed by atoms with Crippen LogP contribution in [0.5, 0.6) is 0 Å². The fourth-order valence-electron chi connectivity index (χ4n) is 1.79. The van der Waals surface area contributed by atoms with E-state index in [4.69, 9.17) is 9.15 Å². The smallest absolute Gasteiger partial charge is 0.225 e. The summed E-state index contributed by atoms with van der Waals surface area (Å²) in [4.78, 5) is 15.9. The fourth-order valence-corrected chi connectivity index (χ4v) is 1.79. The zero-order valence-electron chi connectivity index (χ0n) is 15.1. The number of hydrogen-bond acceptors (Lipinski definition) is 4. The number of hydrogen-bond donors (Lipinski definition) is 3. The van der Waals surface area contributed by atoms with Gasteiger partial charge in [-0.1, -0.05) is 20.8 Å². The Hall–Kier alpha value is -2.02. The number of carbonyl (C=O) groups is 1. The number of amides is 1. The Labute approximate surface area is 144 Å². The van der Waals surface area contributed by atoms with Crippen molar-refractivity contribution in [1.29, 1.82) is 0 Å². The highest BCUT2D eigenvalue weighted by Crippen LogP contribution is 2.11. The Morgan fingerprint density at radius 2 is 1.92 bits per heavy atom. The van der Waals surface area contributed by atoms with E-state index in [0.717, 1.165) is 18.7 Å². The standard InChI is InChI=1S/C17H30N4O3/c1-17(2,3)15(22)19-9-10-21-16(18-4)20-8-6-11-23-13-14-7-5-12-24-14/h5,7,12H,6,8-11,13H2,1-4H3,(H,19,22)(H2,18,20,21). The maximum absolute atomic E-state index is 11.7. The summed E-state index contributed by atoms with van der Waals surface area (Å²) >= 11 is 0. The monoisotopic (exact) mass is 338 g/mol. The van der Waals surface area contributed by atoms with E-state index < -0.39 is 0 Å². The third-order valence-electron chi connectivity index (χ3n) is 3.19. The van der Waals surface area contributed by atoms with Gasteiger partial charge in [0.25, 0.3) is 0 Å². The lowest BCUT2D eigenvalue weighted by Crippen LogP contribution is -2.43. The van der Waals surface area contributed by atoms with E-state index in [0.29, 0.717) is 32.3 Å². The highest BCUT2D eigenvalue weighted by atomic mass is 16.5. The SMILES string of the molecule is CN=C(NCCCOCc1ccco1)NCCNC(=O)C(C)(C)C. The zero-order valence-corrected chi connectivity index (χ0v) is 15.1. The summed E-state index contributed by atoms with van der Waals surface area (Å²) < 4.78 is 10.7. The molecular formula is C17H30N4O3. The first-order valence-corrected chi connectivity index (χ1v) is 8.26. The van der Waals surface area contributed by atoms with Crippen LogP contribution in [0.3, 0.4) is 0 Å². The van der Waals surface area contributed by atoms with Crippen molar-refractivity contribution in [1.82, 2.24) is 16.0 Å². The molecule has 0 aliphatic heterocycles. The van der Waals surface area contributed by atoms with Crippen molar-refractivity contribution < 1.29 is 13.9 Å². The Morgan fingerprint density at radius 1 is 1.21 bits per heavy atom. The molecule has 24 heavy (non-hydrogen) atoms. The van der Waals surface area contributed by atoms with Crippen LogP contribution >= 0.6 is 0 Å². The van der Waals surface area contributed by atoms with Gasteiger partial charge in [-0.3, -0.25) is 9.79 Å². The average Bonchev–Trinajstić information content (AvgIpc) is 3.04. The van der Waals surface area contributed by atoms with Gasteiger partial charge in [0.2, 0.25) is 5.91 Å². The van der Waals surface area contributed by atoms with Gasteiger partial charge in [0, 0.05) is 38.7 Å². The highest BCUT2D eigenvalue weighted by molar-refractivity contribution is 5.81. The number of furan rings is 1. The Morgan fingerprint density at radius 3 is 2.54 bits per heavy atom. The molecule has 1 amide bonds. The minimum atomic E-state index is -0.366. The fraction of sp³-hybridized carbons (Fsp3) is 0.647. The molecular weight excluding hydrogens is 308 g/mol. The summed E-state index contributed by atoms with van der Waals surface area (Å²) in [6.45, 7) is 8.75. The van der Waals surface area contributed by atoms with E-state index in [2.05, 4.69) is 20.9 Å². The lowest BCUT2D eigenvalue weighted by molar-refractivity contribution is -0.128. The Bertz CT molecular complexity index is 492. The molecule has 1 aromatic rings. The van der Waals surface area contributed by atoms with Crippen LogP contribution in [0.2, 0.25) is 0 Å². The first kappa shape index (κ1) is 20.0. The minimum Gasteiger partial charge on any atom is -0.467 e. The average molecular weight is 338 g/mol. The number of nitrogens with one attached hydrogen (secondary N) is 3. The number of carbonyl (C=O) groups excluding carboxylic acids is 1. The van der Waals surface area contributed by atoms with Crippen LogP contribution in [0.1, 0.15) is 33.0 Å². The van der Waals surface area contributed by atoms with Crippen LogP contribution in [0, 0.1) is 5.41 Å². The van der Waals surface area contributed by atoms with Gasteiger partial charge in [0.15, 0.2) is 5.96 Å². The number of nitrogens with zero attached hydrogens (tertiary/aromatic N) is 1. The lowest BCUT2D eigenvalue weighted by atomic mass is 9.96. The van der Waals surface area contributed by atoms with Crippen molar-refractivity contribution in [3.8, 4) is 0 Å². The lowest BCUT2D eigenvalue weighted by Gasteiger charge is -2.18. The second-order valence-electron chi connectivity index (χ2n) is 6.42. The molecule has 0 aliphatic rings. The van der Waals surface area contributed by atoms with Crippen molar-refractivity contribution in [3.05, 3.63) is 24.2 Å². The second-order valence-corrected chi connectivity index (χ2v) is 6.42. The van der Waals surface area contributed by atoms with E-state index in [1.165, 1.54) is 0 Å². The van der Waals surface area contributed by atoms with Crippen molar-refractivity contribution >= 4 is 11.9 Å². The van der Waals surface area contributed by atoms with Gasteiger partial charge in [-0.15, -0.1) is 0 Å². The molecule has 7 heteroatoms. The molecule has 1 aromatic heterocycles. The quantitative estimate of drug-likeness (QED) is 0.361. The molecule has 0 bridgehead atoms. The molecule has 0 unspecified atom stereocenters. The van der Waals surface area contributed by atoms with Crippen LogP contribution in [0.15, 0.2) is 27.8 Å². The van der Waals surface area contributed by atoms with Gasteiger partial charge in [0.05, 0.1) is 6.26 Å². The van der Waals surface area contributed by atoms with Gasteiger partial charge < -0.3 is 25.1 Å². The molecule has 0 saturated heterocycles. The van der Waals surface area contributed by atoms with Gasteiger partial charge in [-0.05, 0) is 18.6 Å². The number of ether oxygens (including phenoxy) is 1. The predicted octanol–water partition coefficient (Wildman–Crippen LogP) is 1.51. The highest BCUT2D eigenvalue weighted by Gasteiger charge is 2.20. The maximum Gasteiger partial charge on any atom is 0.225 e. The van der Waals surface area contributed by atoms with E-state index in [-0.39, 0.29) is 11.3 Å². The van der Waals surface area contributed by atoms with Gasteiger partial charge in [0.1, 0.15) is 12.4 Å². The largest absolute Gasteiger partial charge is 0.467 e. The van der Waals surface area contributed by atoms with Gasteiger partial charge in [-0.2, -0.15) is 0 Å². The van der Waals surface area contributed by atoms with Crippen LogP contribution in [-0.4, -0.2) is 45.2 Å². The third-order valence-corrected chi connectivity index (χ3v) is 3.19.